The fraction of sp³-hybridized carbons (Fsp3) is 0.625. The molecular formula is C24H30F3N3O2S. The van der Waals surface area contributed by atoms with Crippen LogP contribution < -0.4 is 5.32 Å². The summed E-state index contributed by atoms with van der Waals surface area (Å²) in [5.41, 5.74) is -0.566. The number of thioether (sulfide) groups is 1. The second-order valence-corrected chi connectivity index (χ2v) is 11.1. The van der Waals surface area contributed by atoms with Gasteiger partial charge in [-0.2, -0.15) is 18.2 Å². The molecule has 5 nitrogen and oxygen atoms in total. The van der Waals surface area contributed by atoms with Crippen molar-refractivity contribution in [2.45, 2.75) is 69.3 Å². The molecule has 1 aromatic carbocycles. The number of hydrogen-bond acceptors (Lipinski definition) is 4. The number of hydrogen-bond donors (Lipinski definition) is 1. The molecule has 9 heteroatoms. The Balaban J connectivity index is 1.33. The van der Waals surface area contributed by atoms with E-state index in [0.717, 1.165) is 51.3 Å². The summed E-state index contributed by atoms with van der Waals surface area (Å²) in [5, 5.41) is 3.38. The van der Waals surface area contributed by atoms with E-state index in [1.54, 1.807) is 13.0 Å². The van der Waals surface area contributed by atoms with E-state index in [0.29, 0.717) is 17.5 Å². The first kappa shape index (κ1) is 24.1. The minimum Gasteiger partial charge on any atom is -0.358 e. The Morgan fingerprint density at radius 1 is 1.24 bits per heavy atom. The maximum absolute atomic E-state index is 13.4. The molecule has 2 atom stereocenters. The third-order valence-corrected chi connectivity index (χ3v) is 8.30. The Bertz CT molecular complexity index is 939. The zero-order valence-electron chi connectivity index (χ0n) is 19.0. The number of halogens is 3. The van der Waals surface area contributed by atoms with Gasteiger partial charge in [-0.25, -0.2) is 0 Å². The van der Waals surface area contributed by atoms with Gasteiger partial charge >= 0.3 is 6.18 Å². The van der Waals surface area contributed by atoms with Crippen LogP contribution >= 0.6 is 11.8 Å². The lowest BCUT2D eigenvalue weighted by atomic mass is 9.82. The molecule has 2 amide bonds. The fourth-order valence-corrected chi connectivity index (χ4v) is 6.14. The van der Waals surface area contributed by atoms with Crippen molar-refractivity contribution in [3.05, 3.63) is 35.4 Å². The molecule has 0 radical (unpaired) electrons. The van der Waals surface area contributed by atoms with Gasteiger partial charge in [-0.15, -0.1) is 0 Å². The number of likely N-dealkylation sites (tertiary alicyclic amines) is 1. The molecule has 1 unspecified atom stereocenters. The van der Waals surface area contributed by atoms with Crippen molar-refractivity contribution in [2.75, 3.05) is 13.1 Å². The molecule has 33 heavy (non-hydrogen) atoms. The predicted molar refractivity (Wildman–Crippen MR) is 123 cm³/mol. The van der Waals surface area contributed by atoms with E-state index in [9.17, 15) is 22.8 Å². The minimum atomic E-state index is -4.45. The van der Waals surface area contributed by atoms with Gasteiger partial charge in [0.15, 0.2) is 5.17 Å². The highest BCUT2D eigenvalue weighted by Gasteiger charge is 2.44. The van der Waals surface area contributed by atoms with Crippen molar-refractivity contribution in [3.63, 3.8) is 0 Å². The monoisotopic (exact) mass is 481 g/mol. The zero-order chi connectivity index (χ0) is 23.8. The lowest BCUT2D eigenvalue weighted by molar-refractivity contribution is -0.140. The molecule has 2 fully saturated rings. The molecular weight excluding hydrogens is 451 g/mol. The number of amidine groups is 1. The number of aliphatic imine (C=N–C) groups is 1. The second kappa shape index (κ2) is 9.31. The number of nitrogens with one attached hydrogen (secondary N) is 1. The van der Waals surface area contributed by atoms with Crippen molar-refractivity contribution in [1.29, 1.82) is 0 Å². The average Bonchev–Trinajstić information content (AvgIpc) is 2.99. The van der Waals surface area contributed by atoms with E-state index in [4.69, 9.17) is 0 Å². The Hall–Kier alpha value is -2.03. The molecule has 2 aliphatic heterocycles. The molecule has 0 spiro atoms. The van der Waals surface area contributed by atoms with Crippen LogP contribution in [-0.2, 0) is 15.8 Å². The van der Waals surface area contributed by atoms with Crippen molar-refractivity contribution in [1.82, 2.24) is 10.2 Å². The molecule has 1 aromatic rings. The van der Waals surface area contributed by atoms with Crippen LogP contribution in [-0.4, -0.2) is 39.7 Å². The molecule has 1 aliphatic carbocycles. The molecule has 1 N–H and O–H groups in total. The summed E-state index contributed by atoms with van der Waals surface area (Å²) >= 11 is 1.30. The van der Waals surface area contributed by atoms with E-state index >= 15 is 0 Å². The summed E-state index contributed by atoms with van der Waals surface area (Å²) in [5.74, 6) is 0.548. The Labute approximate surface area is 196 Å². The first-order valence-electron chi connectivity index (χ1n) is 11.6. The maximum atomic E-state index is 13.4. The van der Waals surface area contributed by atoms with Crippen LogP contribution in [0.1, 0.15) is 69.5 Å². The van der Waals surface area contributed by atoms with Gasteiger partial charge in [0.25, 0.3) is 5.91 Å². The number of nitrogens with zero attached hydrogens (tertiary/aromatic N) is 2. The molecule has 1 saturated carbocycles. The Morgan fingerprint density at radius 3 is 2.52 bits per heavy atom. The molecule has 0 bridgehead atoms. The van der Waals surface area contributed by atoms with Crippen LogP contribution in [0.25, 0.3) is 0 Å². The normalized spacial score (nSPS) is 25.5. The lowest BCUT2D eigenvalue weighted by Crippen LogP contribution is -2.44. The summed E-state index contributed by atoms with van der Waals surface area (Å²) in [6.07, 6.45) is 1.06. The van der Waals surface area contributed by atoms with Crippen molar-refractivity contribution in [3.8, 4) is 0 Å². The third-order valence-electron chi connectivity index (χ3n) is 7.11. The smallest absolute Gasteiger partial charge is 0.358 e. The first-order chi connectivity index (χ1) is 15.6. The quantitative estimate of drug-likeness (QED) is 0.630. The van der Waals surface area contributed by atoms with Gasteiger partial charge in [-0.05, 0) is 63.5 Å². The number of alkyl halides is 3. The highest BCUT2D eigenvalue weighted by Crippen LogP contribution is 2.42. The van der Waals surface area contributed by atoms with Crippen LogP contribution in [0, 0.1) is 11.8 Å². The number of amides is 2. The van der Waals surface area contributed by atoms with Gasteiger partial charge in [-0.3, -0.25) is 9.59 Å². The highest BCUT2D eigenvalue weighted by atomic mass is 32.2. The third kappa shape index (κ3) is 5.23. The van der Waals surface area contributed by atoms with E-state index in [-0.39, 0.29) is 23.3 Å². The van der Waals surface area contributed by atoms with Gasteiger partial charge in [-0.1, -0.05) is 36.4 Å². The van der Waals surface area contributed by atoms with Gasteiger partial charge in [0.1, 0.15) is 4.75 Å². The Kier molecular flexibility index (Phi) is 6.80. The van der Waals surface area contributed by atoms with Crippen LogP contribution in [0.5, 0.6) is 0 Å². The largest absolute Gasteiger partial charge is 0.416 e. The Morgan fingerprint density at radius 2 is 1.91 bits per heavy atom. The minimum absolute atomic E-state index is 0.123. The SMILES string of the molecule is C[C@H](NC1=NC(=O)C(C)(CC2CCN(C(=O)C3CCC3)CC2)S1)c1ccccc1C(F)(F)F. The predicted octanol–water partition coefficient (Wildman–Crippen LogP) is 5.17. The zero-order valence-corrected chi connectivity index (χ0v) is 19.8. The van der Waals surface area contributed by atoms with Crippen LogP contribution in [0.2, 0.25) is 0 Å². The summed E-state index contributed by atoms with van der Waals surface area (Å²) < 4.78 is 39.4. The lowest BCUT2D eigenvalue weighted by Gasteiger charge is -2.38. The average molecular weight is 482 g/mol. The van der Waals surface area contributed by atoms with Gasteiger partial charge < -0.3 is 10.2 Å². The van der Waals surface area contributed by atoms with Crippen molar-refractivity contribution in [2.24, 2.45) is 16.8 Å². The highest BCUT2D eigenvalue weighted by molar-refractivity contribution is 8.16. The van der Waals surface area contributed by atoms with Gasteiger partial charge in [0.05, 0.1) is 11.6 Å². The van der Waals surface area contributed by atoms with E-state index < -0.39 is 22.5 Å². The summed E-state index contributed by atoms with van der Waals surface area (Å²) in [6.45, 7) is 4.96. The summed E-state index contributed by atoms with van der Waals surface area (Å²) in [6, 6.07) is 4.80. The first-order valence-corrected chi connectivity index (χ1v) is 12.4. The topological polar surface area (TPSA) is 61.8 Å². The van der Waals surface area contributed by atoms with Crippen LogP contribution in [0.15, 0.2) is 29.3 Å². The molecule has 3 aliphatic rings. The summed E-state index contributed by atoms with van der Waals surface area (Å²) in [4.78, 5) is 31.3. The number of rotatable bonds is 5. The van der Waals surface area contributed by atoms with Crippen molar-refractivity contribution >= 4 is 28.7 Å². The number of piperidine rings is 1. The second-order valence-electron chi connectivity index (χ2n) is 9.61. The van der Waals surface area contributed by atoms with Crippen LogP contribution in [0.3, 0.4) is 0 Å². The molecule has 0 aromatic heterocycles. The molecule has 1 saturated heterocycles. The number of carbonyl (C=O) groups is 2. The van der Waals surface area contributed by atoms with E-state index in [1.807, 2.05) is 11.8 Å². The molecule has 4 rings (SSSR count). The van der Waals surface area contributed by atoms with Crippen molar-refractivity contribution < 1.29 is 22.8 Å². The van der Waals surface area contributed by atoms with Crippen LogP contribution in [0.4, 0.5) is 13.2 Å². The fourth-order valence-electron chi connectivity index (χ4n) is 4.90. The van der Waals surface area contributed by atoms with E-state index in [2.05, 4.69) is 10.3 Å². The van der Waals surface area contributed by atoms with Gasteiger partial charge in [0.2, 0.25) is 5.91 Å². The number of benzene rings is 1. The van der Waals surface area contributed by atoms with Gasteiger partial charge in [0, 0.05) is 19.0 Å². The molecule has 180 valence electrons. The standard InChI is InChI=1S/C24H30F3N3O2S/c1-15(18-8-3-4-9-19(18)24(25,26)27)28-22-29-21(32)23(2,33-22)14-16-10-12-30(13-11-16)20(31)17-6-5-7-17/h3-4,8-9,15-17H,5-7,10-14H2,1-2H3,(H,28,29,32)/t15-,23?/m0/s1. The maximum Gasteiger partial charge on any atom is 0.416 e. The summed E-state index contributed by atoms with van der Waals surface area (Å²) in [7, 11) is 0. The molecule has 2 heterocycles. The van der Waals surface area contributed by atoms with E-state index in [1.165, 1.54) is 23.9 Å². The number of carbonyl (C=O) groups excluding carboxylic acids is 2.